The average Bonchev–Trinajstić information content (AvgIpc) is 2.84. The van der Waals surface area contributed by atoms with Gasteiger partial charge in [-0.05, 0) is 43.4 Å². The molecule has 19 heteroatoms. The number of hydrogen-bond donors (Lipinski definition) is 3. The van der Waals surface area contributed by atoms with Crippen molar-refractivity contribution in [2.75, 3.05) is 39.6 Å². The third-order valence-corrected chi connectivity index (χ3v) is 18.3. The SMILES string of the molecule is CCCCCCCCCCCCCCC(=O)OC[C@H](COP(=O)(O)OC[C@@H](O)COP(=O)(O)OC[C@@H](COC(=O)CCCCCCCCCC(C)C)OC(=O)CCCCCCCCCC(C)C)OC(=O)CCCCCCCCCCCCCCCCCC(C)C. The zero-order chi connectivity index (χ0) is 66.6. The van der Waals surface area contributed by atoms with Crippen LogP contribution in [-0.4, -0.2) is 96.7 Å². The van der Waals surface area contributed by atoms with E-state index < -0.39 is 97.5 Å². The van der Waals surface area contributed by atoms with E-state index in [1.165, 1.54) is 161 Å². The number of phosphoric ester groups is 2. The summed E-state index contributed by atoms with van der Waals surface area (Å²) in [4.78, 5) is 72.5. The fourth-order valence-corrected chi connectivity index (χ4v) is 12.3. The normalized spacial score (nSPS) is 14.2. The molecule has 5 atom stereocenters. The van der Waals surface area contributed by atoms with Crippen LogP contribution in [0.2, 0.25) is 0 Å². The third-order valence-electron chi connectivity index (χ3n) is 16.4. The minimum absolute atomic E-state index is 0.103. The molecule has 90 heavy (non-hydrogen) atoms. The van der Waals surface area contributed by atoms with Crippen molar-refractivity contribution >= 4 is 39.5 Å². The molecule has 0 saturated carbocycles. The zero-order valence-corrected chi connectivity index (χ0v) is 60.4. The molecule has 0 aromatic heterocycles. The molecule has 0 amide bonds. The Morgan fingerprint density at radius 1 is 0.300 bits per heavy atom. The highest BCUT2D eigenvalue weighted by Gasteiger charge is 2.30. The number of rotatable bonds is 69. The number of ether oxygens (including phenoxy) is 4. The zero-order valence-electron chi connectivity index (χ0n) is 58.6. The van der Waals surface area contributed by atoms with Gasteiger partial charge in [0.25, 0.3) is 0 Å². The van der Waals surface area contributed by atoms with Crippen LogP contribution in [0.15, 0.2) is 0 Å². The molecular formula is C71H138O17P2. The molecule has 534 valence electrons. The van der Waals surface area contributed by atoms with Crippen LogP contribution in [0.25, 0.3) is 0 Å². The summed E-state index contributed by atoms with van der Waals surface area (Å²) in [5, 5.41) is 10.6. The summed E-state index contributed by atoms with van der Waals surface area (Å²) in [5.41, 5.74) is 0. The van der Waals surface area contributed by atoms with E-state index in [0.29, 0.717) is 37.5 Å². The largest absolute Gasteiger partial charge is 0.472 e. The van der Waals surface area contributed by atoms with Gasteiger partial charge in [-0.1, -0.05) is 305 Å². The molecule has 0 spiro atoms. The van der Waals surface area contributed by atoms with Crippen LogP contribution < -0.4 is 0 Å². The van der Waals surface area contributed by atoms with Gasteiger partial charge in [-0.15, -0.1) is 0 Å². The summed E-state index contributed by atoms with van der Waals surface area (Å²) in [6.45, 7) is 11.8. The van der Waals surface area contributed by atoms with Crippen molar-refractivity contribution in [1.29, 1.82) is 0 Å². The van der Waals surface area contributed by atoms with Gasteiger partial charge in [-0.3, -0.25) is 37.3 Å². The summed E-state index contributed by atoms with van der Waals surface area (Å²) in [7, 11) is -9.90. The van der Waals surface area contributed by atoms with Gasteiger partial charge in [0, 0.05) is 25.7 Å². The van der Waals surface area contributed by atoms with Crippen LogP contribution in [0, 0.1) is 17.8 Å². The second-order valence-electron chi connectivity index (χ2n) is 27.1. The molecule has 0 aromatic rings. The number of carbonyl (C=O) groups excluding carboxylic acids is 4. The van der Waals surface area contributed by atoms with Crippen LogP contribution in [0.5, 0.6) is 0 Å². The first-order valence-electron chi connectivity index (χ1n) is 36.8. The molecular weight excluding hydrogens is 1190 g/mol. The Bertz CT molecular complexity index is 1770. The topological polar surface area (TPSA) is 237 Å². The molecule has 0 fully saturated rings. The molecule has 0 saturated heterocycles. The first-order chi connectivity index (χ1) is 43.2. The Balaban J connectivity index is 5.22. The number of aliphatic hydroxyl groups is 1. The predicted octanol–water partition coefficient (Wildman–Crippen LogP) is 20.2. The lowest BCUT2D eigenvalue weighted by Gasteiger charge is -2.21. The summed E-state index contributed by atoms with van der Waals surface area (Å²) < 4.78 is 68.3. The van der Waals surface area contributed by atoms with Crippen LogP contribution in [0.1, 0.15) is 357 Å². The van der Waals surface area contributed by atoms with Crippen LogP contribution in [-0.2, 0) is 65.4 Å². The Hall–Kier alpha value is -1.94. The van der Waals surface area contributed by atoms with E-state index >= 15 is 0 Å². The molecule has 0 aliphatic carbocycles. The number of hydrogen-bond acceptors (Lipinski definition) is 15. The first-order valence-corrected chi connectivity index (χ1v) is 39.8. The van der Waals surface area contributed by atoms with Gasteiger partial charge in [-0.2, -0.15) is 0 Å². The van der Waals surface area contributed by atoms with Crippen molar-refractivity contribution < 1.29 is 80.2 Å². The van der Waals surface area contributed by atoms with E-state index in [1.807, 2.05) is 0 Å². The van der Waals surface area contributed by atoms with Gasteiger partial charge in [0.2, 0.25) is 0 Å². The highest BCUT2D eigenvalue weighted by Crippen LogP contribution is 2.45. The van der Waals surface area contributed by atoms with Gasteiger partial charge in [0.15, 0.2) is 12.2 Å². The fraction of sp³-hybridized carbons (Fsp3) is 0.944. The van der Waals surface area contributed by atoms with E-state index in [2.05, 4.69) is 48.5 Å². The van der Waals surface area contributed by atoms with E-state index in [-0.39, 0.29) is 25.7 Å². The van der Waals surface area contributed by atoms with Crippen molar-refractivity contribution in [3.05, 3.63) is 0 Å². The molecule has 0 aliphatic rings. The van der Waals surface area contributed by atoms with Crippen molar-refractivity contribution in [2.45, 2.75) is 375 Å². The number of unbranched alkanes of at least 4 members (excludes halogenated alkanes) is 37. The molecule has 0 aliphatic heterocycles. The molecule has 2 unspecified atom stereocenters. The predicted molar refractivity (Wildman–Crippen MR) is 363 cm³/mol. The Kier molecular flexibility index (Phi) is 60.6. The standard InChI is InChI=1S/C71H138O17P2/c1-8-9-10-11-12-13-14-21-24-31-38-45-52-68(73)81-58-66(87-70(75)54-47-40-32-25-22-19-17-15-16-18-20-23-28-35-42-49-62(2)3)60-85-89(77,78)83-56-65(72)57-84-90(79,80)86-61-67(88-71(76)55-48-41-34-27-30-37-44-51-64(6)7)59-82-69(74)53-46-39-33-26-29-36-43-50-63(4)5/h62-67,72H,8-61H2,1-7H3,(H,77,78)(H,79,80)/t65-,66-,67-/m1/s1. The molecule has 0 bridgehead atoms. The second-order valence-corrected chi connectivity index (χ2v) is 30.0. The van der Waals surface area contributed by atoms with Crippen molar-refractivity contribution in [2.24, 2.45) is 17.8 Å². The molecule has 0 radical (unpaired) electrons. The van der Waals surface area contributed by atoms with E-state index in [4.69, 9.17) is 37.0 Å². The lowest BCUT2D eigenvalue weighted by molar-refractivity contribution is -0.161. The highest BCUT2D eigenvalue weighted by molar-refractivity contribution is 7.47. The summed E-state index contributed by atoms with van der Waals surface area (Å²) in [6, 6.07) is 0. The monoisotopic (exact) mass is 1320 g/mol. The van der Waals surface area contributed by atoms with Crippen molar-refractivity contribution in [3.8, 4) is 0 Å². The highest BCUT2D eigenvalue weighted by atomic mass is 31.2. The van der Waals surface area contributed by atoms with Gasteiger partial charge in [0.05, 0.1) is 26.4 Å². The quantitative estimate of drug-likeness (QED) is 0.0222. The van der Waals surface area contributed by atoms with Gasteiger partial charge >= 0.3 is 39.5 Å². The lowest BCUT2D eigenvalue weighted by atomic mass is 10.0. The lowest BCUT2D eigenvalue weighted by Crippen LogP contribution is -2.30. The maximum absolute atomic E-state index is 13.0. The van der Waals surface area contributed by atoms with Crippen molar-refractivity contribution in [3.63, 3.8) is 0 Å². The van der Waals surface area contributed by atoms with Crippen LogP contribution >= 0.6 is 15.6 Å². The summed E-state index contributed by atoms with van der Waals surface area (Å²) in [6.07, 6.45) is 46.0. The van der Waals surface area contributed by atoms with Crippen LogP contribution in [0.4, 0.5) is 0 Å². The van der Waals surface area contributed by atoms with Gasteiger partial charge < -0.3 is 33.8 Å². The van der Waals surface area contributed by atoms with Crippen molar-refractivity contribution in [1.82, 2.24) is 0 Å². The average molecular weight is 1330 g/mol. The molecule has 17 nitrogen and oxygen atoms in total. The Morgan fingerprint density at radius 2 is 0.511 bits per heavy atom. The maximum Gasteiger partial charge on any atom is 0.472 e. The van der Waals surface area contributed by atoms with Gasteiger partial charge in [0.1, 0.15) is 19.3 Å². The van der Waals surface area contributed by atoms with Crippen LogP contribution in [0.3, 0.4) is 0 Å². The second kappa shape index (κ2) is 61.9. The van der Waals surface area contributed by atoms with Gasteiger partial charge in [-0.25, -0.2) is 9.13 Å². The summed E-state index contributed by atoms with van der Waals surface area (Å²) in [5.74, 6) is 0.0762. The molecule has 0 rings (SSSR count). The maximum atomic E-state index is 13.0. The summed E-state index contributed by atoms with van der Waals surface area (Å²) >= 11 is 0. The minimum atomic E-state index is -4.95. The molecule has 0 aromatic carbocycles. The molecule has 3 N–H and O–H groups in total. The number of esters is 4. The third kappa shape index (κ3) is 64.8. The number of phosphoric acid groups is 2. The minimum Gasteiger partial charge on any atom is -0.462 e. The van der Waals surface area contributed by atoms with E-state index in [9.17, 15) is 43.2 Å². The smallest absolute Gasteiger partial charge is 0.462 e. The van der Waals surface area contributed by atoms with E-state index in [1.54, 1.807) is 0 Å². The Labute approximate surface area is 549 Å². The fourth-order valence-electron chi connectivity index (χ4n) is 10.7. The first kappa shape index (κ1) is 88.1. The Morgan fingerprint density at radius 3 is 0.756 bits per heavy atom. The number of carbonyl (C=O) groups is 4. The molecule has 0 heterocycles. The number of aliphatic hydroxyl groups excluding tert-OH is 1. The van der Waals surface area contributed by atoms with E-state index in [0.717, 1.165) is 102 Å².